The second-order valence-corrected chi connectivity index (χ2v) is 21.8. The lowest BCUT2D eigenvalue weighted by atomic mass is 9.77. The molecule has 0 saturated carbocycles. The summed E-state index contributed by atoms with van der Waals surface area (Å²) < 4.78 is 17.9. The van der Waals surface area contributed by atoms with E-state index >= 15 is 0 Å². The Morgan fingerprint density at radius 2 is 0.849 bits per heavy atom. The van der Waals surface area contributed by atoms with Crippen LogP contribution in [-0.4, -0.2) is 85.2 Å². The Bertz CT molecular complexity index is 4040. The zero-order valence-corrected chi connectivity index (χ0v) is 50.4. The average molecular weight is 1150 g/mol. The second kappa shape index (κ2) is 27.7. The van der Waals surface area contributed by atoms with Gasteiger partial charge in [-0.2, -0.15) is 0 Å². The third kappa shape index (κ3) is 14.4. The molecule has 0 aliphatic rings. The van der Waals surface area contributed by atoms with Crippen LogP contribution in [0.5, 0.6) is 40.2 Å². The molecule has 0 unspecified atom stereocenters. The van der Waals surface area contributed by atoms with E-state index in [0.717, 1.165) is 94.0 Å². The third-order valence-corrected chi connectivity index (χ3v) is 14.6. The molecule has 11 rings (SSSR count). The molecular formula is C70H75N9O7. The Balaban J connectivity index is 0.000000169. The fourth-order valence-corrected chi connectivity index (χ4v) is 9.67. The minimum Gasteiger partial charge on any atom is -0.507 e. The summed E-state index contributed by atoms with van der Waals surface area (Å²) in [5, 5.41) is 60.8. The van der Waals surface area contributed by atoms with Crippen molar-refractivity contribution in [2.75, 3.05) is 19.8 Å². The first kappa shape index (κ1) is 60.8. The van der Waals surface area contributed by atoms with Crippen LogP contribution in [0.25, 0.3) is 67.6 Å². The maximum atomic E-state index is 11.1. The van der Waals surface area contributed by atoms with Crippen LogP contribution in [0.4, 0.5) is 0 Å². The summed E-state index contributed by atoms with van der Waals surface area (Å²) in [7, 11) is 0. The molecule has 0 bridgehead atoms. The number of aryl methyl sites for hydroxylation is 4. The van der Waals surface area contributed by atoms with Crippen molar-refractivity contribution in [3.8, 4) is 85.8 Å². The number of aromatic hydroxyl groups is 4. The summed E-state index contributed by atoms with van der Waals surface area (Å²) in [6.45, 7) is 20.1. The number of aromatic nitrogens is 9. The molecule has 0 saturated heterocycles. The molecule has 0 amide bonds. The van der Waals surface area contributed by atoms with E-state index in [1.807, 2.05) is 143 Å². The first-order chi connectivity index (χ1) is 41.5. The normalized spacial score (nSPS) is 11.2. The number of phenolic OH excluding ortho intramolecular Hbond substituents is 4. The van der Waals surface area contributed by atoms with Gasteiger partial charge in [-0.3, -0.25) is 0 Å². The van der Waals surface area contributed by atoms with Crippen molar-refractivity contribution in [2.24, 2.45) is 0 Å². The van der Waals surface area contributed by atoms with Crippen molar-refractivity contribution in [3.05, 3.63) is 191 Å². The van der Waals surface area contributed by atoms with E-state index in [2.05, 4.69) is 72.1 Å². The lowest BCUT2D eigenvalue weighted by Gasteiger charge is -2.28. The van der Waals surface area contributed by atoms with Crippen molar-refractivity contribution < 1.29 is 34.6 Å². The van der Waals surface area contributed by atoms with Gasteiger partial charge in [0.1, 0.15) is 73.7 Å². The lowest BCUT2D eigenvalue weighted by molar-refractivity contribution is 0.295. The molecule has 0 aliphatic carbocycles. The molecule has 11 aromatic rings. The van der Waals surface area contributed by atoms with Gasteiger partial charge in [-0.1, -0.05) is 127 Å². The zero-order valence-electron chi connectivity index (χ0n) is 50.4. The fourth-order valence-electron chi connectivity index (χ4n) is 9.67. The summed E-state index contributed by atoms with van der Waals surface area (Å²) in [5.74, 6) is 3.24. The molecule has 0 aliphatic heterocycles. The third-order valence-electron chi connectivity index (χ3n) is 14.6. The van der Waals surface area contributed by atoms with Gasteiger partial charge in [0.2, 0.25) is 0 Å². The van der Waals surface area contributed by atoms with Crippen molar-refractivity contribution >= 4 is 22.1 Å². The van der Waals surface area contributed by atoms with Crippen molar-refractivity contribution in [2.45, 2.75) is 106 Å². The van der Waals surface area contributed by atoms with Gasteiger partial charge in [0, 0.05) is 23.1 Å². The average Bonchev–Trinajstić information content (AvgIpc) is 4.32. The van der Waals surface area contributed by atoms with Crippen LogP contribution in [0.3, 0.4) is 0 Å². The molecule has 3 aromatic heterocycles. The van der Waals surface area contributed by atoms with Crippen LogP contribution >= 0.6 is 0 Å². The van der Waals surface area contributed by atoms with Gasteiger partial charge in [0.15, 0.2) is 17.5 Å². The Morgan fingerprint density at radius 3 is 1.35 bits per heavy atom. The molecule has 0 atom stereocenters. The molecule has 16 heteroatoms. The molecule has 0 fully saturated rings. The number of hydrogen-bond acceptors (Lipinski definition) is 14. The predicted octanol–water partition coefficient (Wildman–Crippen LogP) is 15.6. The van der Waals surface area contributed by atoms with E-state index in [1.54, 1.807) is 30.3 Å². The number of unbranched alkanes of at least 4 members (excludes halogenated alkanes) is 3. The SMILES string of the molecule is CCCCOc1ccc(-c2nc(-c3ccc(C)cc3O)nc(-c3ccc(OCCCC)cc3OCCCC)n2)c(O)c1.Cc1cc(-n2nc3ccccc3n2)c(O)c(C(C)(C)c2ccccc2)c1.Cc1cc(C)c(O)c(-n2nc3ccccc3n2)c1. The first-order valence-electron chi connectivity index (χ1n) is 29.3. The lowest BCUT2D eigenvalue weighted by Crippen LogP contribution is -2.20. The molecule has 86 heavy (non-hydrogen) atoms. The smallest absolute Gasteiger partial charge is 0.167 e. The van der Waals surface area contributed by atoms with E-state index < -0.39 is 0 Å². The number of ether oxygens (including phenoxy) is 3. The van der Waals surface area contributed by atoms with Crippen LogP contribution in [0.2, 0.25) is 0 Å². The standard InChI is InChI=1S/C34H41N3O5.C22H21N3O.C14H13N3O/c1-5-8-17-40-24-12-15-27(30(39)21-24)33-35-32(26-14-11-23(4)20-29(26)38)36-34(37-33)28-16-13-25(41-18-9-6-2)22-31(28)42-19-10-7-3;1-15-13-17(22(2,3)16-9-5-4-6-10-16)21(26)20(14-15)25-23-18-11-7-8-12-19(18)24-25;1-9-7-10(2)14(18)13(8-9)17-15-11-5-3-4-6-12(11)16-17/h11-16,20-22,38-39H,5-10,17-19H2,1-4H3;4-14,26H,1-3H3;3-8,18H,1-2H3. The van der Waals surface area contributed by atoms with Crippen LogP contribution in [0.15, 0.2) is 158 Å². The summed E-state index contributed by atoms with van der Waals surface area (Å²) in [5.41, 5.74) is 11.5. The van der Waals surface area contributed by atoms with Gasteiger partial charge < -0.3 is 34.6 Å². The number of phenols is 4. The Hall–Kier alpha value is -9.83. The number of fused-ring (bicyclic) bond motifs is 2. The summed E-state index contributed by atoms with van der Waals surface area (Å²) in [6.07, 6.45) is 5.83. The Kier molecular flexibility index (Phi) is 19.6. The Morgan fingerprint density at radius 1 is 0.419 bits per heavy atom. The van der Waals surface area contributed by atoms with Crippen LogP contribution < -0.4 is 14.2 Å². The highest BCUT2D eigenvalue weighted by molar-refractivity contribution is 5.76. The van der Waals surface area contributed by atoms with E-state index in [9.17, 15) is 20.4 Å². The second-order valence-electron chi connectivity index (χ2n) is 21.8. The zero-order chi connectivity index (χ0) is 60.9. The van der Waals surface area contributed by atoms with Crippen molar-refractivity contribution in [1.29, 1.82) is 0 Å². The number of benzene rings is 8. The molecule has 8 aromatic carbocycles. The maximum Gasteiger partial charge on any atom is 0.167 e. The molecule has 0 radical (unpaired) electrons. The highest BCUT2D eigenvalue weighted by atomic mass is 16.5. The quantitative estimate of drug-likeness (QED) is 0.0556. The molecule has 442 valence electrons. The molecule has 4 N–H and O–H groups in total. The summed E-state index contributed by atoms with van der Waals surface area (Å²) >= 11 is 0. The van der Waals surface area contributed by atoms with Crippen molar-refractivity contribution in [1.82, 2.24) is 44.9 Å². The number of nitrogens with zero attached hydrogens (tertiary/aromatic N) is 9. The van der Waals surface area contributed by atoms with Crippen molar-refractivity contribution in [3.63, 3.8) is 0 Å². The van der Waals surface area contributed by atoms with Gasteiger partial charge in [-0.15, -0.1) is 30.0 Å². The largest absolute Gasteiger partial charge is 0.507 e. The maximum absolute atomic E-state index is 11.1. The molecule has 3 heterocycles. The number of hydrogen-bond donors (Lipinski definition) is 4. The molecular weight excluding hydrogens is 1080 g/mol. The monoisotopic (exact) mass is 1150 g/mol. The van der Waals surface area contributed by atoms with Gasteiger partial charge >= 0.3 is 0 Å². The van der Waals surface area contributed by atoms with E-state index in [1.165, 1.54) is 9.59 Å². The van der Waals surface area contributed by atoms with Gasteiger partial charge in [-0.05, 0) is 148 Å². The molecule has 0 spiro atoms. The topological polar surface area (TPSA) is 209 Å². The van der Waals surface area contributed by atoms with Crippen LogP contribution in [0, 0.1) is 27.7 Å². The fraction of sp³-hybridized carbons (Fsp3) is 0.271. The minimum atomic E-state index is -0.349. The predicted molar refractivity (Wildman–Crippen MR) is 339 cm³/mol. The minimum absolute atomic E-state index is 0.0145. The van der Waals surface area contributed by atoms with E-state index in [4.69, 9.17) is 24.2 Å². The van der Waals surface area contributed by atoms with Gasteiger partial charge in [-0.25, -0.2) is 15.0 Å². The molecule has 16 nitrogen and oxygen atoms in total. The van der Waals surface area contributed by atoms with Crippen LogP contribution in [0.1, 0.15) is 107 Å². The van der Waals surface area contributed by atoms with E-state index in [0.29, 0.717) is 71.0 Å². The van der Waals surface area contributed by atoms with E-state index in [-0.39, 0.29) is 40.1 Å². The van der Waals surface area contributed by atoms with Crippen LogP contribution in [-0.2, 0) is 5.41 Å². The highest BCUT2D eigenvalue weighted by Crippen LogP contribution is 2.41. The summed E-state index contributed by atoms with van der Waals surface area (Å²) in [6, 6.07) is 49.4. The highest BCUT2D eigenvalue weighted by Gasteiger charge is 2.29. The number of rotatable bonds is 19. The first-order valence-corrected chi connectivity index (χ1v) is 29.3. The van der Waals surface area contributed by atoms with Gasteiger partial charge in [0.05, 0.1) is 36.5 Å². The summed E-state index contributed by atoms with van der Waals surface area (Å²) in [4.78, 5) is 17.2. The van der Waals surface area contributed by atoms with Gasteiger partial charge in [0.25, 0.3) is 0 Å². The Labute approximate surface area is 502 Å².